The third-order valence-corrected chi connectivity index (χ3v) is 4.49. The number of hydrogen-bond donors (Lipinski definition) is 2. The number of carboxylic acids is 1. The van der Waals surface area contributed by atoms with Crippen molar-refractivity contribution in [2.75, 3.05) is 12.3 Å². The van der Waals surface area contributed by atoms with Gasteiger partial charge in [0.15, 0.2) is 0 Å². The maximum atomic E-state index is 11.3. The Labute approximate surface area is 124 Å². The first-order valence-corrected chi connectivity index (χ1v) is 7.51. The van der Waals surface area contributed by atoms with Crippen LogP contribution in [0, 0.1) is 0 Å². The summed E-state index contributed by atoms with van der Waals surface area (Å²) in [5, 5.41) is 9.25. The summed E-state index contributed by atoms with van der Waals surface area (Å²) in [6, 6.07) is 4.68. The van der Waals surface area contributed by atoms with E-state index in [4.69, 9.17) is 15.2 Å². The van der Waals surface area contributed by atoms with Crippen LogP contribution in [0.4, 0.5) is 5.69 Å². The molecule has 0 bridgehead atoms. The molecule has 1 unspecified atom stereocenters. The average Bonchev–Trinajstić information content (AvgIpc) is 2.86. The highest BCUT2D eigenvalue weighted by molar-refractivity contribution is 5.91. The Bertz CT molecular complexity index is 537. The van der Waals surface area contributed by atoms with E-state index in [2.05, 4.69) is 0 Å². The number of carboxylic acid groups (broad SMARTS) is 1. The zero-order valence-corrected chi connectivity index (χ0v) is 12.0. The van der Waals surface area contributed by atoms with Gasteiger partial charge in [0, 0.05) is 24.6 Å². The highest BCUT2D eigenvalue weighted by atomic mass is 16.5. The molecule has 5 heteroatoms. The molecule has 1 aliphatic heterocycles. The molecule has 0 amide bonds. The standard InChI is InChI=1S/C16H21NO4/c17-11-3-4-13(15(18)19)14(9-11)21-12-5-8-20-16(10-12)6-1-2-7-16/h3-4,9,12H,1-2,5-8,10,17H2,(H,18,19). The van der Waals surface area contributed by atoms with Crippen molar-refractivity contribution in [2.24, 2.45) is 0 Å². The fourth-order valence-electron chi connectivity index (χ4n) is 3.44. The Morgan fingerprint density at radius 3 is 2.86 bits per heavy atom. The Morgan fingerprint density at radius 2 is 2.14 bits per heavy atom. The van der Waals surface area contributed by atoms with Crippen molar-refractivity contribution in [2.45, 2.75) is 50.2 Å². The van der Waals surface area contributed by atoms with Crippen LogP contribution in [-0.4, -0.2) is 29.4 Å². The van der Waals surface area contributed by atoms with Crippen LogP contribution >= 0.6 is 0 Å². The zero-order valence-electron chi connectivity index (χ0n) is 12.0. The van der Waals surface area contributed by atoms with Gasteiger partial charge in [-0.05, 0) is 25.0 Å². The first kappa shape index (κ1) is 14.2. The lowest BCUT2D eigenvalue weighted by Crippen LogP contribution is -2.41. The fourth-order valence-corrected chi connectivity index (χ4v) is 3.44. The van der Waals surface area contributed by atoms with E-state index < -0.39 is 5.97 Å². The minimum Gasteiger partial charge on any atom is -0.489 e. The van der Waals surface area contributed by atoms with Gasteiger partial charge in [0.1, 0.15) is 17.4 Å². The molecule has 21 heavy (non-hydrogen) atoms. The van der Waals surface area contributed by atoms with Crippen LogP contribution in [0.15, 0.2) is 18.2 Å². The Kier molecular flexibility index (Phi) is 3.76. The van der Waals surface area contributed by atoms with Gasteiger partial charge in [-0.15, -0.1) is 0 Å². The normalized spacial score (nSPS) is 24.1. The Morgan fingerprint density at radius 1 is 1.38 bits per heavy atom. The number of nitrogen functional groups attached to an aromatic ring is 1. The van der Waals surface area contributed by atoms with Gasteiger partial charge in [0.2, 0.25) is 0 Å². The lowest BCUT2D eigenvalue weighted by molar-refractivity contribution is -0.108. The summed E-state index contributed by atoms with van der Waals surface area (Å²) < 4.78 is 11.9. The van der Waals surface area contributed by atoms with E-state index in [0.29, 0.717) is 18.0 Å². The monoisotopic (exact) mass is 291 g/mol. The summed E-state index contributed by atoms with van der Waals surface area (Å²) in [6.45, 7) is 0.676. The predicted molar refractivity (Wildman–Crippen MR) is 78.6 cm³/mol. The number of ether oxygens (including phenoxy) is 2. The minimum absolute atomic E-state index is 0.00301. The quantitative estimate of drug-likeness (QED) is 0.837. The lowest BCUT2D eigenvalue weighted by Gasteiger charge is -2.38. The van der Waals surface area contributed by atoms with E-state index in [9.17, 15) is 9.90 Å². The van der Waals surface area contributed by atoms with Gasteiger partial charge in [-0.25, -0.2) is 4.79 Å². The molecular weight excluding hydrogens is 270 g/mol. The van der Waals surface area contributed by atoms with Crippen LogP contribution in [0.25, 0.3) is 0 Å². The van der Waals surface area contributed by atoms with Crippen LogP contribution in [0.3, 0.4) is 0 Å². The number of nitrogens with two attached hydrogens (primary N) is 1. The van der Waals surface area contributed by atoms with Crippen molar-refractivity contribution < 1.29 is 19.4 Å². The molecule has 1 spiro atoms. The minimum atomic E-state index is -0.993. The molecule has 2 fully saturated rings. The van der Waals surface area contributed by atoms with E-state index in [1.165, 1.54) is 18.9 Å². The van der Waals surface area contributed by atoms with Crippen molar-refractivity contribution in [3.63, 3.8) is 0 Å². The second-order valence-electron chi connectivity index (χ2n) is 6.03. The third kappa shape index (κ3) is 2.97. The summed E-state index contributed by atoms with van der Waals surface area (Å²) in [6.07, 6.45) is 6.18. The maximum absolute atomic E-state index is 11.3. The van der Waals surface area contributed by atoms with Gasteiger partial charge < -0.3 is 20.3 Å². The van der Waals surface area contributed by atoms with Crippen LogP contribution < -0.4 is 10.5 Å². The molecule has 3 rings (SSSR count). The molecule has 1 saturated carbocycles. The first-order chi connectivity index (χ1) is 10.1. The number of carbonyl (C=O) groups is 1. The third-order valence-electron chi connectivity index (χ3n) is 4.49. The van der Waals surface area contributed by atoms with Crippen LogP contribution in [0.2, 0.25) is 0 Å². The highest BCUT2D eigenvalue weighted by Gasteiger charge is 2.40. The molecule has 114 valence electrons. The number of benzene rings is 1. The number of aromatic carboxylic acids is 1. The summed E-state index contributed by atoms with van der Waals surface area (Å²) in [7, 11) is 0. The Hall–Kier alpha value is -1.75. The Balaban J connectivity index is 1.77. The van der Waals surface area contributed by atoms with Crippen LogP contribution in [0.1, 0.15) is 48.9 Å². The van der Waals surface area contributed by atoms with Crippen LogP contribution in [0.5, 0.6) is 5.75 Å². The van der Waals surface area contributed by atoms with Crippen molar-refractivity contribution in [3.05, 3.63) is 23.8 Å². The van der Waals surface area contributed by atoms with Gasteiger partial charge >= 0.3 is 5.97 Å². The molecular formula is C16H21NO4. The average molecular weight is 291 g/mol. The number of anilines is 1. The summed E-state index contributed by atoms with van der Waals surface area (Å²) in [4.78, 5) is 11.3. The van der Waals surface area contributed by atoms with Gasteiger partial charge in [0.05, 0.1) is 12.2 Å². The van der Waals surface area contributed by atoms with E-state index in [1.54, 1.807) is 12.1 Å². The molecule has 1 aromatic rings. The summed E-state index contributed by atoms with van der Waals surface area (Å²) >= 11 is 0. The fraction of sp³-hybridized carbons (Fsp3) is 0.562. The first-order valence-electron chi connectivity index (χ1n) is 7.51. The molecule has 0 aromatic heterocycles. The van der Waals surface area contributed by atoms with Crippen molar-refractivity contribution in [1.29, 1.82) is 0 Å². The van der Waals surface area contributed by atoms with Crippen LogP contribution in [-0.2, 0) is 4.74 Å². The highest BCUT2D eigenvalue weighted by Crippen LogP contribution is 2.41. The van der Waals surface area contributed by atoms with Crippen molar-refractivity contribution >= 4 is 11.7 Å². The molecule has 0 radical (unpaired) electrons. The smallest absolute Gasteiger partial charge is 0.339 e. The van der Waals surface area contributed by atoms with Gasteiger partial charge in [-0.3, -0.25) is 0 Å². The van der Waals surface area contributed by atoms with E-state index in [-0.39, 0.29) is 17.3 Å². The van der Waals surface area contributed by atoms with E-state index in [0.717, 1.165) is 25.7 Å². The van der Waals surface area contributed by atoms with E-state index >= 15 is 0 Å². The summed E-state index contributed by atoms with van der Waals surface area (Å²) in [5.41, 5.74) is 6.38. The van der Waals surface area contributed by atoms with Crippen molar-refractivity contribution in [1.82, 2.24) is 0 Å². The number of hydrogen-bond acceptors (Lipinski definition) is 4. The second-order valence-corrected chi connectivity index (χ2v) is 6.03. The maximum Gasteiger partial charge on any atom is 0.339 e. The molecule has 5 nitrogen and oxygen atoms in total. The molecule has 1 saturated heterocycles. The van der Waals surface area contributed by atoms with E-state index in [1.807, 2.05) is 0 Å². The lowest BCUT2D eigenvalue weighted by atomic mass is 9.90. The molecule has 1 atom stereocenters. The van der Waals surface area contributed by atoms with Crippen molar-refractivity contribution in [3.8, 4) is 5.75 Å². The zero-order chi connectivity index (χ0) is 14.9. The van der Waals surface area contributed by atoms with Gasteiger partial charge in [-0.1, -0.05) is 12.8 Å². The molecule has 3 N–H and O–H groups in total. The van der Waals surface area contributed by atoms with Gasteiger partial charge in [0.25, 0.3) is 0 Å². The number of rotatable bonds is 3. The molecule has 2 aliphatic rings. The summed E-state index contributed by atoms with van der Waals surface area (Å²) in [5.74, 6) is -0.629. The molecule has 1 aromatic carbocycles. The topological polar surface area (TPSA) is 81.8 Å². The van der Waals surface area contributed by atoms with Gasteiger partial charge in [-0.2, -0.15) is 0 Å². The molecule has 1 aliphatic carbocycles. The second kappa shape index (κ2) is 5.56. The predicted octanol–water partition coefficient (Wildman–Crippen LogP) is 2.84. The molecule has 1 heterocycles. The largest absolute Gasteiger partial charge is 0.489 e. The SMILES string of the molecule is Nc1ccc(C(=O)O)c(OC2CCOC3(CCCC3)C2)c1.